The van der Waals surface area contributed by atoms with Crippen molar-refractivity contribution in [3.05, 3.63) is 18.3 Å². The number of hydrogen-bond acceptors (Lipinski definition) is 6. The standard InChI is InChI=1S/C13H24N4O3S/c1-4-14-13-11-12(5-6-15-13)21(18,19)16-7-9-20-10-8-17(2)3/h5-6,11,16H,4,7-10H2,1-3H3,(H,14,15). The van der Waals surface area contributed by atoms with Gasteiger partial charge < -0.3 is 15.0 Å². The van der Waals surface area contributed by atoms with E-state index in [4.69, 9.17) is 4.74 Å². The molecule has 0 fully saturated rings. The summed E-state index contributed by atoms with van der Waals surface area (Å²) in [6.45, 7) is 4.58. The molecule has 0 saturated carbocycles. The zero-order chi connectivity index (χ0) is 15.7. The van der Waals surface area contributed by atoms with Crippen LogP contribution in [0.3, 0.4) is 0 Å². The number of hydrogen-bond donors (Lipinski definition) is 2. The Morgan fingerprint density at radius 2 is 2.10 bits per heavy atom. The van der Waals surface area contributed by atoms with Gasteiger partial charge in [0.1, 0.15) is 5.82 Å². The van der Waals surface area contributed by atoms with E-state index >= 15 is 0 Å². The lowest BCUT2D eigenvalue weighted by Gasteiger charge is -2.11. The first kappa shape index (κ1) is 17.8. The molecule has 0 spiro atoms. The van der Waals surface area contributed by atoms with Crippen LogP contribution in [-0.4, -0.2) is 65.2 Å². The normalized spacial score (nSPS) is 11.8. The highest BCUT2D eigenvalue weighted by molar-refractivity contribution is 7.89. The molecule has 21 heavy (non-hydrogen) atoms. The molecule has 0 unspecified atom stereocenters. The fourth-order valence-electron chi connectivity index (χ4n) is 1.54. The van der Waals surface area contributed by atoms with E-state index in [0.717, 1.165) is 6.54 Å². The van der Waals surface area contributed by atoms with Crippen molar-refractivity contribution in [1.82, 2.24) is 14.6 Å². The van der Waals surface area contributed by atoms with Crippen LogP contribution in [-0.2, 0) is 14.8 Å². The molecule has 1 heterocycles. The van der Waals surface area contributed by atoms with E-state index in [1.807, 2.05) is 25.9 Å². The van der Waals surface area contributed by atoms with Gasteiger partial charge in [-0.15, -0.1) is 0 Å². The van der Waals surface area contributed by atoms with Crippen LogP contribution in [0.25, 0.3) is 0 Å². The van der Waals surface area contributed by atoms with Crippen molar-refractivity contribution in [3.63, 3.8) is 0 Å². The molecular weight excluding hydrogens is 292 g/mol. The number of anilines is 1. The fourth-order valence-corrected chi connectivity index (χ4v) is 2.56. The third-order valence-electron chi connectivity index (χ3n) is 2.62. The maximum Gasteiger partial charge on any atom is 0.240 e. The largest absolute Gasteiger partial charge is 0.379 e. The highest BCUT2D eigenvalue weighted by Gasteiger charge is 2.14. The summed E-state index contributed by atoms with van der Waals surface area (Å²) in [6.07, 6.45) is 1.47. The van der Waals surface area contributed by atoms with Crippen LogP contribution in [0, 0.1) is 0 Å². The van der Waals surface area contributed by atoms with Gasteiger partial charge in [0.05, 0.1) is 18.1 Å². The van der Waals surface area contributed by atoms with Gasteiger partial charge in [-0.2, -0.15) is 0 Å². The molecule has 0 atom stereocenters. The van der Waals surface area contributed by atoms with Crippen molar-refractivity contribution in [1.29, 1.82) is 0 Å². The van der Waals surface area contributed by atoms with E-state index in [-0.39, 0.29) is 11.4 Å². The van der Waals surface area contributed by atoms with Crippen molar-refractivity contribution in [2.75, 3.05) is 52.3 Å². The quantitative estimate of drug-likeness (QED) is 0.607. The monoisotopic (exact) mass is 316 g/mol. The van der Waals surface area contributed by atoms with Crippen LogP contribution < -0.4 is 10.0 Å². The van der Waals surface area contributed by atoms with E-state index in [2.05, 4.69) is 15.0 Å². The molecule has 0 saturated heterocycles. The van der Waals surface area contributed by atoms with E-state index in [9.17, 15) is 8.42 Å². The summed E-state index contributed by atoms with van der Waals surface area (Å²) < 4.78 is 32.1. The number of rotatable bonds is 10. The Labute approximate surface area is 126 Å². The fraction of sp³-hybridized carbons (Fsp3) is 0.615. The lowest BCUT2D eigenvalue weighted by atomic mass is 10.4. The molecule has 0 aliphatic carbocycles. The van der Waals surface area contributed by atoms with Gasteiger partial charge in [0.2, 0.25) is 10.0 Å². The Morgan fingerprint density at radius 1 is 1.33 bits per heavy atom. The average Bonchev–Trinajstić information content (AvgIpc) is 2.43. The van der Waals surface area contributed by atoms with E-state index < -0.39 is 10.0 Å². The topological polar surface area (TPSA) is 83.6 Å². The number of nitrogens with one attached hydrogen (secondary N) is 2. The Bertz CT molecular complexity index is 520. The van der Waals surface area contributed by atoms with Crippen molar-refractivity contribution in [2.24, 2.45) is 0 Å². The summed E-state index contributed by atoms with van der Waals surface area (Å²) in [4.78, 5) is 6.25. The smallest absolute Gasteiger partial charge is 0.240 e. The molecule has 0 aliphatic rings. The number of nitrogens with zero attached hydrogens (tertiary/aromatic N) is 2. The molecule has 120 valence electrons. The SMILES string of the molecule is CCNc1cc(S(=O)(=O)NCCOCCN(C)C)ccn1. The number of aromatic nitrogens is 1. The number of sulfonamides is 1. The van der Waals surface area contributed by atoms with Crippen molar-refractivity contribution < 1.29 is 13.2 Å². The summed E-state index contributed by atoms with van der Waals surface area (Å²) in [5, 5.41) is 2.98. The summed E-state index contributed by atoms with van der Waals surface area (Å²) >= 11 is 0. The summed E-state index contributed by atoms with van der Waals surface area (Å²) in [5.41, 5.74) is 0. The molecule has 7 nitrogen and oxygen atoms in total. The summed E-state index contributed by atoms with van der Waals surface area (Å²) in [5.74, 6) is 0.544. The zero-order valence-corrected chi connectivity index (χ0v) is 13.6. The third kappa shape index (κ3) is 6.85. The van der Waals surface area contributed by atoms with E-state index in [1.54, 1.807) is 0 Å². The van der Waals surface area contributed by atoms with Crippen LogP contribution in [0.4, 0.5) is 5.82 Å². The molecule has 2 N–H and O–H groups in total. The highest BCUT2D eigenvalue weighted by atomic mass is 32.2. The Morgan fingerprint density at radius 3 is 2.76 bits per heavy atom. The molecule has 8 heteroatoms. The number of likely N-dealkylation sites (N-methyl/N-ethyl adjacent to an activating group) is 1. The summed E-state index contributed by atoms with van der Waals surface area (Å²) in [7, 11) is 0.387. The molecule has 0 radical (unpaired) electrons. The van der Waals surface area contributed by atoms with Gasteiger partial charge in [0.15, 0.2) is 0 Å². The van der Waals surface area contributed by atoms with Gasteiger partial charge in [-0.05, 0) is 27.1 Å². The van der Waals surface area contributed by atoms with Crippen molar-refractivity contribution >= 4 is 15.8 Å². The maximum absolute atomic E-state index is 12.1. The third-order valence-corrected chi connectivity index (χ3v) is 4.08. The molecular formula is C13H24N4O3S. The zero-order valence-electron chi connectivity index (χ0n) is 12.8. The first-order chi connectivity index (χ1) is 9.95. The van der Waals surface area contributed by atoms with Gasteiger partial charge in [0.25, 0.3) is 0 Å². The van der Waals surface area contributed by atoms with Crippen LogP contribution in [0.1, 0.15) is 6.92 Å². The van der Waals surface area contributed by atoms with Crippen LogP contribution >= 0.6 is 0 Å². The molecule has 1 aromatic rings. The van der Waals surface area contributed by atoms with E-state index in [1.165, 1.54) is 18.3 Å². The van der Waals surface area contributed by atoms with Gasteiger partial charge in [-0.25, -0.2) is 18.1 Å². The second-order valence-electron chi connectivity index (χ2n) is 4.72. The van der Waals surface area contributed by atoms with Crippen LogP contribution in [0.15, 0.2) is 23.2 Å². The first-order valence-corrected chi connectivity index (χ1v) is 8.36. The Kier molecular flexibility index (Phi) is 7.58. The summed E-state index contributed by atoms with van der Waals surface area (Å²) in [6, 6.07) is 2.98. The Balaban J connectivity index is 2.44. The van der Waals surface area contributed by atoms with Gasteiger partial charge in [-0.1, -0.05) is 0 Å². The predicted octanol–water partition coefficient (Wildman–Crippen LogP) is 0.370. The minimum absolute atomic E-state index is 0.196. The molecule has 0 amide bonds. The van der Waals surface area contributed by atoms with Crippen LogP contribution in [0.5, 0.6) is 0 Å². The van der Waals surface area contributed by atoms with Gasteiger partial charge >= 0.3 is 0 Å². The molecule has 0 aliphatic heterocycles. The van der Waals surface area contributed by atoms with Gasteiger partial charge in [-0.3, -0.25) is 0 Å². The minimum Gasteiger partial charge on any atom is -0.379 e. The molecule has 1 rings (SSSR count). The number of pyridine rings is 1. The highest BCUT2D eigenvalue weighted by Crippen LogP contribution is 2.12. The minimum atomic E-state index is -3.53. The number of ether oxygens (including phenoxy) is 1. The van der Waals surface area contributed by atoms with Gasteiger partial charge in [0, 0.05) is 31.9 Å². The second-order valence-corrected chi connectivity index (χ2v) is 6.49. The van der Waals surface area contributed by atoms with Crippen molar-refractivity contribution in [3.8, 4) is 0 Å². The second kappa shape index (κ2) is 8.93. The molecule has 0 bridgehead atoms. The maximum atomic E-state index is 12.1. The van der Waals surface area contributed by atoms with E-state index in [0.29, 0.717) is 25.6 Å². The lowest BCUT2D eigenvalue weighted by molar-refractivity contribution is 0.122. The average molecular weight is 316 g/mol. The van der Waals surface area contributed by atoms with Crippen molar-refractivity contribution in [2.45, 2.75) is 11.8 Å². The lowest BCUT2D eigenvalue weighted by Crippen LogP contribution is -2.28. The molecule has 0 aromatic carbocycles. The Hall–Kier alpha value is -1.22. The first-order valence-electron chi connectivity index (χ1n) is 6.87. The van der Waals surface area contributed by atoms with Crippen LogP contribution in [0.2, 0.25) is 0 Å². The predicted molar refractivity (Wildman–Crippen MR) is 83.0 cm³/mol. The molecule has 1 aromatic heterocycles.